The summed E-state index contributed by atoms with van der Waals surface area (Å²) in [4.78, 5) is 37.7. The number of nitro benzene ring substituents is 1. The molecule has 0 N–H and O–H groups in total. The van der Waals surface area contributed by atoms with Crippen LogP contribution < -0.4 is 4.90 Å². The second-order valence-corrected chi connectivity index (χ2v) is 9.50. The van der Waals surface area contributed by atoms with Gasteiger partial charge >= 0.3 is 0 Å². The van der Waals surface area contributed by atoms with Crippen molar-refractivity contribution in [3.05, 3.63) is 57.0 Å². The molecule has 1 aliphatic heterocycles. The summed E-state index contributed by atoms with van der Waals surface area (Å²) in [6.45, 7) is 5.14. The van der Waals surface area contributed by atoms with Gasteiger partial charge in [0.05, 0.1) is 4.92 Å². The van der Waals surface area contributed by atoms with Crippen molar-refractivity contribution in [1.29, 1.82) is 0 Å². The van der Waals surface area contributed by atoms with Gasteiger partial charge in [0.15, 0.2) is 0 Å². The molecule has 1 amide bonds. The number of anilines is 1. The maximum Gasteiger partial charge on any atom is 0.269 e. The topological polar surface area (TPSA) is 92.5 Å². The second kappa shape index (κ2) is 9.08. The van der Waals surface area contributed by atoms with Gasteiger partial charge in [-0.25, -0.2) is 9.97 Å². The monoisotopic (exact) mass is 449 g/mol. The maximum absolute atomic E-state index is 12.7. The molecule has 1 saturated heterocycles. The van der Waals surface area contributed by atoms with Crippen molar-refractivity contribution in [2.45, 2.75) is 57.8 Å². The Morgan fingerprint density at radius 2 is 1.76 bits per heavy atom. The standard InChI is InChI=1S/C25H31N5O3/c1-2-22-21(16-17-6-10-20(11-7-17)30(32)33)24(27-23(26-22)18-8-9-18)28-12-14-29(15-13-28)25(31)19-4-3-5-19/h6-7,10-11,18-19H,2-5,8-9,12-16H2,1H3. The molecule has 3 fully saturated rings. The second-order valence-electron chi connectivity index (χ2n) is 9.50. The third kappa shape index (κ3) is 4.56. The Bertz CT molecular complexity index is 1040. The molecule has 8 nitrogen and oxygen atoms in total. The van der Waals surface area contributed by atoms with Gasteiger partial charge in [-0.3, -0.25) is 14.9 Å². The lowest BCUT2D eigenvalue weighted by Gasteiger charge is -2.39. The SMILES string of the molecule is CCc1nc(C2CC2)nc(N2CCN(C(=O)C3CCC3)CC2)c1Cc1ccc([N+](=O)[O-])cc1. The van der Waals surface area contributed by atoms with Gasteiger partial charge < -0.3 is 9.80 Å². The van der Waals surface area contributed by atoms with Crippen LogP contribution in [0.4, 0.5) is 11.5 Å². The highest BCUT2D eigenvalue weighted by Gasteiger charge is 2.33. The number of benzene rings is 1. The summed E-state index contributed by atoms with van der Waals surface area (Å²) in [5.41, 5.74) is 3.28. The van der Waals surface area contributed by atoms with E-state index >= 15 is 0 Å². The molecular weight excluding hydrogens is 418 g/mol. The molecule has 174 valence electrons. The Hall–Kier alpha value is -3.03. The summed E-state index contributed by atoms with van der Waals surface area (Å²) in [5.74, 6) is 2.95. The Labute approximate surface area is 194 Å². The Balaban J connectivity index is 1.40. The van der Waals surface area contributed by atoms with Crippen molar-refractivity contribution < 1.29 is 9.72 Å². The molecule has 1 aromatic carbocycles. The molecule has 0 atom stereocenters. The smallest absolute Gasteiger partial charge is 0.269 e. The fourth-order valence-electron chi connectivity index (χ4n) is 4.79. The summed E-state index contributed by atoms with van der Waals surface area (Å²) >= 11 is 0. The van der Waals surface area contributed by atoms with E-state index in [0.29, 0.717) is 18.2 Å². The van der Waals surface area contributed by atoms with Crippen molar-refractivity contribution in [3.8, 4) is 0 Å². The first kappa shape index (κ1) is 21.8. The number of nitro groups is 1. The van der Waals surface area contributed by atoms with Gasteiger partial charge in [0.2, 0.25) is 5.91 Å². The molecule has 2 aromatic rings. The molecule has 5 rings (SSSR count). The molecule has 1 aromatic heterocycles. The number of nitrogens with zero attached hydrogens (tertiary/aromatic N) is 5. The van der Waals surface area contributed by atoms with Crippen molar-refractivity contribution in [2.24, 2.45) is 5.92 Å². The number of rotatable bonds is 7. The van der Waals surface area contributed by atoms with Crippen LogP contribution in [0.1, 0.15) is 67.6 Å². The van der Waals surface area contributed by atoms with Gasteiger partial charge in [-0.2, -0.15) is 0 Å². The van der Waals surface area contributed by atoms with Crippen LogP contribution in [0.25, 0.3) is 0 Å². The number of carbonyl (C=O) groups excluding carboxylic acids is 1. The van der Waals surface area contributed by atoms with Gasteiger partial charge in [0.1, 0.15) is 11.6 Å². The van der Waals surface area contributed by atoms with Crippen LogP contribution in [0.15, 0.2) is 24.3 Å². The predicted octanol–water partition coefficient (Wildman–Crippen LogP) is 3.86. The lowest BCUT2D eigenvalue weighted by Crippen LogP contribution is -2.51. The van der Waals surface area contributed by atoms with Crippen molar-refractivity contribution >= 4 is 17.4 Å². The Morgan fingerprint density at radius 3 is 2.30 bits per heavy atom. The van der Waals surface area contributed by atoms with Crippen LogP contribution in [0, 0.1) is 16.0 Å². The predicted molar refractivity (Wildman–Crippen MR) is 125 cm³/mol. The Kier molecular flexibility index (Phi) is 6.00. The first-order valence-electron chi connectivity index (χ1n) is 12.2. The van der Waals surface area contributed by atoms with E-state index < -0.39 is 0 Å². The summed E-state index contributed by atoms with van der Waals surface area (Å²) in [6, 6.07) is 6.77. The van der Waals surface area contributed by atoms with E-state index in [4.69, 9.17) is 9.97 Å². The number of piperazine rings is 1. The lowest BCUT2D eigenvalue weighted by molar-refractivity contribution is -0.384. The van der Waals surface area contributed by atoms with E-state index in [1.54, 1.807) is 12.1 Å². The van der Waals surface area contributed by atoms with Gasteiger partial charge in [0, 0.05) is 67.8 Å². The number of hydrogen-bond donors (Lipinski definition) is 0. The highest BCUT2D eigenvalue weighted by atomic mass is 16.6. The average molecular weight is 450 g/mol. The molecule has 0 bridgehead atoms. The molecular formula is C25H31N5O3. The minimum atomic E-state index is -0.370. The van der Waals surface area contributed by atoms with Crippen molar-refractivity contribution in [1.82, 2.24) is 14.9 Å². The molecule has 8 heteroatoms. The number of amides is 1. The maximum atomic E-state index is 12.7. The fraction of sp³-hybridized carbons (Fsp3) is 0.560. The van der Waals surface area contributed by atoms with E-state index in [2.05, 4.69) is 11.8 Å². The van der Waals surface area contributed by atoms with E-state index in [1.807, 2.05) is 17.0 Å². The van der Waals surface area contributed by atoms with Crippen LogP contribution in [-0.2, 0) is 17.6 Å². The fourth-order valence-corrected chi connectivity index (χ4v) is 4.79. The largest absolute Gasteiger partial charge is 0.353 e. The van der Waals surface area contributed by atoms with Gasteiger partial charge in [-0.05, 0) is 37.7 Å². The minimum absolute atomic E-state index is 0.0993. The quantitative estimate of drug-likeness (QED) is 0.471. The van der Waals surface area contributed by atoms with E-state index in [1.165, 1.54) is 6.42 Å². The normalized spacial score (nSPS) is 18.8. The van der Waals surface area contributed by atoms with E-state index in [0.717, 1.165) is 86.7 Å². The zero-order valence-electron chi connectivity index (χ0n) is 19.2. The first-order valence-corrected chi connectivity index (χ1v) is 12.2. The van der Waals surface area contributed by atoms with Gasteiger partial charge in [0.25, 0.3) is 5.69 Å². The molecule has 0 radical (unpaired) electrons. The number of hydrogen-bond acceptors (Lipinski definition) is 6. The van der Waals surface area contributed by atoms with Crippen LogP contribution in [0.2, 0.25) is 0 Å². The molecule has 2 heterocycles. The van der Waals surface area contributed by atoms with E-state index in [9.17, 15) is 14.9 Å². The van der Waals surface area contributed by atoms with Crippen LogP contribution in [-0.4, -0.2) is 51.9 Å². The zero-order chi connectivity index (χ0) is 22.9. The minimum Gasteiger partial charge on any atom is -0.353 e. The molecule has 2 aliphatic carbocycles. The summed E-state index contributed by atoms with van der Waals surface area (Å²) in [7, 11) is 0. The first-order chi connectivity index (χ1) is 16.0. The highest BCUT2D eigenvalue weighted by Crippen LogP contribution is 2.40. The molecule has 0 unspecified atom stereocenters. The van der Waals surface area contributed by atoms with Crippen LogP contribution >= 0.6 is 0 Å². The number of non-ortho nitro benzene ring substituents is 1. The zero-order valence-corrected chi connectivity index (χ0v) is 19.2. The summed E-state index contributed by atoms with van der Waals surface area (Å²) in [5, 5.41) is 11.0. The molecule has 3 aliphatic rings. The summed E-state index contributed by atoms with van der Waals surface area (Å²) in [6.07, 6.45) is 7.00. The van der Waals surface area contributed by atoms with Gasteiger partial charge in [-0.15, -0.1) is 0 Å². The number of aryl methyl sites for hydroxylation is 1. The summed E-state index contributed by atoms with van der Waals surface area (Å²) < 4.78 is 0. The average Bonchev–Trinajstić information content (AvgIpc) is 3.64. The van der Waals surface area contributed by atoms with Gasteiger partial charge in [-0.1, -0.05) is 25.5 Å². The van der Waals surface area contributed by atoms with Crippen molar-refractivity contribution in [2.75, 3.05) is 31.1 Å². The van der Waals surface area contributed by atoms with E-state index in [-0.39, 0.29) is 16.5 Å². The van der Waals surface area contributed by atoms with Crippen LogP contribution in [0.5, 0.6) is 0 Å². The highest BCUT2D eigenvalue weighted by molar-refractivity contribution is 5.80. The Morgan fingerprint density at radius 1 is 1.06 bits per heavy atom. The number of aromatic nitrogens is 2. The molecule has 2 saturated carbocycles. The third-order valence-corrected chi connectivity index (χ3v) is 7.24. The number of carbonyl (C=O) groups is 1. The third-order valence-electron chi connectivity index (χ3n) is 7.24. The molecule has 33 heavy (non-hydrogen) atoms. The lowest BCUT2D eigenvalue weighted by atomic mass is 9.84. The van der Waals surface area contributed by atoms with Crippen molar-refractivity contribution in [3.63, 3.8) is 0 Å². The van der Waals surface area contributed by atoms with Crippen LogP contribution in [0.3, 0.4) is 0 Å². The molecule has 0 spiro atoms.